The number of rotatable bonds is 14. The number of ether oxygens (including phenoxy) is 4. The first kappa shape index (κ1) is 29.4. The fraction of sp³-hybridized carbons (Fsp3) is 0.481. The van der Waals surface area contributed by atoms with E-state index in [4.69, 9.17) is 18.9 Å². The van der Waals surface area contributed by atoms with E-state index in [9.17, 15) is 19.4 Å². The number of benzene rings is 1. The molecular weight excluding hydrogens is 469 g/mol. The number of nitrogens with zero attached hydrogens (tertiary/aromatic N) is 1. The largest absolute Gasteiger partial charge is 0.514 e. The third kappa shape index (κ3) is 9.66. The van der Waals surface area contributed by atoms with E-state index in [-0.39, 0.29) is 38.8 Å². The van der Waals surface area contributed by atoms with Crippen molar-refractivity contribution in [2.75, 3.05) is 39.8 Å². The lowest BCUT2D eigenvalue weighted by atomic mass is 9.91. The number of allylic oxidation sites excluding steroid dienone is 4. The van der Waals surface area contributed by atoms with Crippen LogP contribution in [0.5, 0.6) is 0 Å². The van der Waals surface area contributed by atoms with Gasteiger partial charge in [-0.2, -0.15) is 0 Å². The molecular formula is C27H36FNO7. The Balaban J connectivity index is 1.94. The minimum atomic E-state index is -1.01. The molecule has 1 fully saturated rings. The van der Waals surface area contributed by atoms with E-state index in [2.05, 4.69) is 4.99 Å². The minimum absolute atomic E-state index is 0.0458. The lowest BCUT2D eigenvalue weighted by Gasteiger charge is -2.36. The summed E-state index contributed by atoms with van der Waals surface area (Å²) in [7, 11) is 0. The zero-order valence-electron chi connectivity index (χ0n) is 21.1. The molecule has 8 nitrogen and oxygen atoms in total. The van der Waals surface area contributed by atoms with Crippen LogP contribution >= 0.6 is 0 Å². The Labute approximate surface area is 211 Å². The van der Waals surface area contributed by atoms with Gasteiger partial charge in [0.15, 0.2) is 0 Å². The van der Waals surface area contributed by atoms with Crippen molar-refractivity contribution in [2.24, 2.45) is 10.4 Å². The van der Waals surface area contributed by atoms with Gasteiger partial charge in [0.25, 0.3) is 0 Å². The van der Waals surface area contributed by atoms with E-state index in [1.807, 2.05) is 13.0 Å². The fourth-order valence-electron chi connectivity index (χ4n) is 3.64. The number of aryl methyl sites for hydroxylation is 1. The average molecular weight is 506 g/mol. The fourth-order valence-corrected chi connectivity index (χ4v) is 3.64. The van der Waals surface area contributed by atoms with Crippen LogP contribution in [0.25, 0.3) is 0 Å². The van der Waals surface area contributed by atoms with Crippen LogP contribution < -0.4 is 0 Å². The Morgan fingerprint density at radius 3 is 2.64 bits per heavy atom. The Morgan fingerprint density at radius 2 is 2.00 bits per heavy atom. The number of aliphatic hydroxyl groups is 1. The number of carboxylic acids is 1. The first-order valence-electron chi connectivity index (χ1n) is 11.8. The van der Waals surface area contributed by atoms with E-state index in [1.54, 1.807) is 37.4 Å². The molecule has 2 rings (SSSR count). The molecule has 2 N–H and O–H groups in total. The summed E-state index contributed by atoms with van der Waals surface area (Å²) in [5.41, 5.74) is 2.08. The molecule has 0 radical (unpaired) electrons. The van der Waals surface area contributed by atoms with Crippen LogP contribution in [0.2, 0.25) is 0 Å². The quantitative estimate of drug-likeness (QED) is 0.210. The van der Waals surface area contributed by atoms with E-state index in [1.165, 1.54) is 13.0 Å². The van der Waals surface area contributed by atoms with Crippen LogP contribution in [0.3, 0.4) is 0 Å². The number of aliphatic imine (C=N–C) groups is 1. The molecule has 36 heavy (non-hydrogen) atoms. The molecule has 1 aliphatic rings. The van der Waals surface area contributed by atoms with Crippen LogP contribution in [0, 0.1) is 12.3 Å². The summed E-state index contributed by atoms with van der Waals surface area (Å²) < 4.78 is 35.6. The lowest BCUT2D eigenvalue weighted by Crippen LogP contribution is -2.45. The molecule has 1 unspecified atom stereocenters. The number of hydrogen-bond acceptors (Lipinski definition) is 7. The number of halogens is 1. The first-order chi connectivity index (χ1) is 17.3. The molecule has 1 saturated heterocycles. The molecule has 9 heteroatoms. The highest BCUT2D eigenvalue weighted by Crippen LogP contribution is 2.25. The number of alkyl halides is 1. The van der Waals surface area contributed by atoms with Crippen molar-refractivity contribution in [1.82, 2.24) is 0 Å². The van der Waals surface area contributed by atoms with E-state index in [0.717, 1.165) is 11.8 Å². The predicted octanol–water partition coefficient (Wildman–Crippen LogP) is 4.94. The summed E-state index contributed by atoms with van der Waals surface area (Å²) in [4.78, 5) is 15.9. The molecule has 1 heterocycles. The normalized spacial score (nSPS) is 17.7. The molecule has 1 aromatic carbocycles. The van der Waals surface area contributed by atoms with Crippen LogP contribution in [-0.4, -0.2) is 68.4 Å². The second kappa shape index (κ2) is 15.3. The van der Waals surface area contributed by atoms with Crippen molar-refractivity contribution in [2.45, 2.75) is 40.0 Å². The maximum Gasteiger partial charge on any atom is 0.336 e. The van der Waals surface area contributed by atoms with Crippen LogP contribution in [0.1, 0.15) is 41.8 Å². The number of carboxylic acid groups (broad SMARTS) is 1. The molecule has 1 aromatic rings. The van der Waals surface area contributed by atoms with Crippen molar-refractivity contribution >= 4 is 12.2 Å². The molecule has 0 amide bonds. The van der Waals surface area contributed by atoms with E-state index >= 15 is 0 Å². The molecule has 1 atom stereocenters. The van der Waals surface area contributed by atoms with Gasteiger partial charge in [-0.25, -0.2) is 9.18 Å². The number of carbonyl (C=O) groups is 1. The highest BCUT2D eigenvalue weighted by atomic mass is 19.1. The number of aliphatic hydroxyl groups excluding tert-OH is 1. The summed E-state index contributed by atoms with van der Waals surface area (Å²) in [6.07, 6.45) is 7.06. The maximum absolute atomic E-state index is 12.9. The van der Waals surface area contributed by atoms with Gasteiger partial charge in [-0.05, 0) is 43.9 Å². The second-order valence-electron chi connectivity index (χ2n) is 8.77. The third-order valence-electron chi connectivity index (χ3n) is 5.55. The van der Waals surface area contributed by atoms with Gasteiger partial charge in [-0.3, -0.25) is 4.99 Å². The lowest BCUT2D eigenvalue weighted by molar-refractivity contribution is -0.198. The third-order valence-corrected chi connectivity index (χ3v) is 5.55. The summed E-state index contributed by atoms with van der Waals surface area (Å²) in [6.45, 7) is 6.54. The van der Waals surface area contributed by atoms with Gasteiger partial charge < -0.3 is 29.2 Å². The van der Waals surface area contributed by atoms with Crippen molar-refractivity contribution in [3.63, 3.8) is 0 Å². The smallest absolute Gasteiger partial charge is 0.336 e. The number of aromatic carboxylic acids is 1. The molecule has 0 bridgehead atoms. The monoisotopic (exact) mass is 505 g/mol. The van der Waals surface area contributed by atoms with Gasteiger partial charge in [0.1, 0.15) is 24.9 Å². The Bertz CT molecular complexity index is 963. The van der Waals surface area contributed by atoms with Gasteiger partial charge >= 0.3 is 5.97 Å². The minimum Gasteiger partial charge on any atom is -0.514 e. The first-order valence-corrected chi connectivity index (χ1v) is 11.8. The molecule has 1 aliphatic heterocycles. The Morgan fingerprint density at radius 1 is 1.28 bits per heavy atom. The molecule has 0 aromatic heterocycles. The van der Waals surface area contributed by atoms with Crippen molar-refractivity contribution in [3.05, 3.63) is 70.6 Å². The Hall–Kier alpha value is -2.85. The summed E-state index contributed by atoms with van der Waals surface area (Å²) in [5.74, 6) is -0.993. The predicted molar refractivity (Wildman–Crippen MR) is 135 cm³/mol. The summed E-state index contributed by atoms with van der Waals surface area (Å²) in [6, 6.07) is 5.28. The summed E-state index contributed by atoms with van der Waals surface area (Å²) >= 11 is 0. The zero-order valence-corrected chi connectivity index (χ0v) is 21.1. The zero-order chi connectivity index (χ0) is 26.4. The summed E-state index contributed by atoms with van der Waals surface area (Å²) in [5, 5.41) is 19.1. The van der Waals surface area contributed by atoms with Crippen LogP contribution in [0.15, 0.2) is 59.0 Å². The van der Waals surface area contributed by atoms with Gasteiger partial charge in [0.05, 0.1) is 50.6 Å². The van der Waals surface area contributed by atoms with Crippen molar-refractivity contribution in [1.29, 1.82) is 0 Å². The second-order valence-corrected chi connectivity index (χ2v) is 8.77. The average Bonchev–Trinajstić information content (AvgIpc) is 2.85. The standard InChI is InChI=1S/C27H36FNO7/c1-4-22(9-6-8-21(3)28)11-29-24(12-30)14-34-16-27(17-35-19-36-18-27)15-33-13-23-10-5-7-20(2)25(23)26(31)32/h4-8,10-12,21,30H,9,13-19H2,1-3H3,(H,31,32)/b8-6-,22-4+,24-12-,29-11+. The van der Waals surface area contributed by atoms with Crippen molar-refractivity contribution in [3.8, 4) is 0 Å². The molecule has 198 valence electrons. The van der Waals surface area contributed by atoms with Crippen LogP contribution in [-0.2, 0) is 25.6 Å². The van der Waals surface area contributed by atoms with Crippen molar-refractivity contribution < 1.29 is 38.3 Å². The molecule has 0 spiro atoms. The topological polar surface area (TPSA) is 107 Å². The van der Waals surface area contributed by atoms with Gasteiger partial charge in [-0.15, -0.1) is 0 Å². The number of hydrogen-bond donors (Lipinski definition) is 2. The van der Waals surface area contributed by atoms with Gasteiger partial charge in [0, 0.05) is 6.21 Å². The van der Waals surface area contributed by atoms with Gasteiger partial charge in [-0.1, -0.05) is 36.4 Å². The highest BCUT2D eigenvalue weighted by Gasteiger charge is 2.35. The van der Waals surface area contributed by atoms with E-state index < -0.39 is 17.6 Å². The molecule has 0 saturated carbocycles. The molecule has 0 aliphatic carbocycles. The Kier molecular flexibility index (Phi) is 12.5. The SMILES string of the molecule is C/C=C(/C=N/C(=C\O)COCC1(COCc2cccc(C)c2C(=O)O)COCOC1)C/C=C\C(C)F. The van der Waals surface area contributed by atoms with Crippen LogP contribution in [0.4, 0.5) is 4.39 Å². The highest BCUT2D eigenvalue weighted by molar-refractivity contribution is 5.91. The van der Waals surface area contributed by atoms with Gasteiger partial charge in [0.2, 0.25) is 0 Å². The maximum atomic E-state index is 12.9. The van der Waals surface area contributed by atoms with E-state index in [0.29, 0.717) is 36.5 Å².